The lowest BCUT2D eigenvalue weighted by atomic mass is 9.90. The maximum atomic E-state index is 13.3. The van der Waals surface area contributed by atoms with Gasteiger partial charge in [0.15, 0.2) is 0 Å². The molecule has 0 bridgehead atoms. The van der Waals surface area contributed by atoms with Gasteiger partial charge in [0.2, 0.25) is 15.9 Å². The summed E-state index contributed by atoms with van der Waals surface area (Å²) in [5, 5.41) is 0. The fourth-order valence-corrected chi connectivity index (χ4v) is 6.87. The minimum Gasteiger partial charge on any atom is -0.342 e. The molecule has 1 aromatic heterocycles. The molecular weight excluding hydrogens is 396 g/mol. The van der Waals surface area contributed by atoms with Gasteiger partial charge in [-0.05, 0) is 43.2 Å². The van der Waals surface area contributed by atoms with Crippen LogP contribution < -0.4 is 0 Å². The van der Waals surface area contributed by atoms with Gasteiger partial charge in [0.1, 0.15) is 15.9 Å². The Bertz CT molecular complexity index is 964. The fraction of sp³-hybridized carbons (Fsp3) is 0.632. The van der Waals surface area contributed by atoms with Crippen LogP contribution in [0, 0.1) is 17.8 Å². The van der Waals surface area contributed by atoms with Gasteiger partial charge in [0.05, 0.1) is 17.6 Å². The molecule has 0 N–H and O–H groups in total. The number of hydrogen-bond acceptors (Lipinski definition) is 6. The Labute approximate surface area is 170 Å². The summed E-state index contributed by atoms with van der Waals surface area (Å²) in [7, 11) is -3.71. The zero-order valence-electron chi connectivity index (χ0n) is 16.2. The number of aromatic nitrogens is 2. The van der Waals surface area contributed by atoms with Crippen molar-refractivity contribution >= 4 is 38.7 Å². The number of carbonyl (C=O) groups excluding carboxylic acids is 1. The molecule has 0 spiro atoms. The van der Waals surface area contributed by atoms with Crippen LogP contribution in [0.15, 0.2) is 23.1 Å². The fourth-order valence-electron chi connectivity index (χ4n) is 4.59. The molecule has 2 fully saturated rings. The molecule has 152 valence electrons. The van der Waals surface area contributed by atoms with E-state index in [9.17, 15) is 13.2 Å². The van der Waals surface area contributed by atoms with Crippen molar-refractivity contribution in [1.82, 2.24) is 18.0 Å². The Morgan fingerprint density at radius 1 is 1.14 bits per heavy atom. The molecule has 4 rings (SSSR count). The highest BCUT2D eigenvalue weighted by molar-refractivity contribution is 7.89. The van der Waals surface area contributed by atoms with Crippen molar-refractivity contribution in [3.05, 3.63) is 18.2 Å². The topological polar surface area (TPSA) is 83.5 Å². The van der Waals surface area contributed by atoms with Crippen LogP contribution in [0.5, 0.6) is 0 Å². The quantitative estimate of drug-likeness (QED) is 0.759. The van der Waals surface area contributed by atoms with Crippen LogP contribution >= 0.6 is 11.7 Å². The van der Waals surface area contributed by atoms with E-state index in [4.69, 9.17) is 0 Å². The molecule has 9 heteroatoms. The van der Waals surface area contributed by atoms with Gasteiger partial charge in [0.25, 0.3) is 0 Å². The summed E-state index contributed by atoms with van der Waals surface area (Å²) in [5.41, 5.74) is 1.01. The third-order valence-corrected chi connectivity index (χ3v) is 8.22. The maximum Gasteiger partial charge on any atom is 0.245 e. The molecule has 0 radical (unpaired) electrons. The Balaban J connectivity index is 1.55. The summed E-state index contributed by atoms with van der Waals surface area (Å²) in [5.74, 6) is 0.817. The van der Waals surface area contributed by atoms with Crippen molar-refractivity contribution in [2.45, 2.75) is 38.0 Å². The molecule has 2 saturated heterocycles. The van der Waals surface area contributed by atoms with Crippen molar-refractivity contribution in [2.75, 3.05) is 26.2 Å². The van der Waals surface area contributed by atoms with Crippen LogP contribution in [-0.4, -0.2) is 58.5 Å². The van der Waals surface area contributed by atoms with E-state index in [1.165, 1.54) is 4.31 Å². The lowest BCUT2D eigenvalue weighted by Gasteiger charge is -2.39. The molecule has 28 heavy (non-hydrogen) atoms. The van der Waals surface area contributed by atoms with E-state index in [0.717, 1.165) is 37.7 Å². The number of rotatable bonds is 3. The summed E-state index contributed by atoms with van der Waals surface area (Å²) in [6.45, 7) is 6.58. The van der Waals surface area contributed by atoms with Crippen LogP contribution in [0.4, 0.5) is 0 Å². The zero-order valence-corrected chi connectivity index (χ0v) is 17.9. The maximum absolute atomic E-state index is 13.3. The van der Waals surface area contributed by atoms with Crippen molar-refractivity contribution in [1.29, 1.82) is 0 Å². The molecule has 3 atom stereocenters. The predicted octanol–water partition coefficient (Wildman–Crippen LogP) is 2.60. The molecule has 1 amide bonds. The van der Waals surface area contributed by atoms with Crippen molar-refractivity contribution in [3.63, 3.8) is 0 Å². The Kier molecular flexibility index (Phi) is 5.41. The summed E-state index contributed by atoms with van der Waals surface area (Å²) in [6.07, 6.45) is 2.58. The molecule has 2 aliphatic heterocycles. The SMILES string of the molecule is C[C@@H]1C[C@H](C)CN(C(=O)[C@H]2CCCN(S(=O)(=O)c3cccc4nsnc34)C2)C1. The molecule has 3 heterocycles. The van der Waals surface area contributed by atoms with E-state index < -0.39 is 10.0 Å². The Morgan fingerprint density at radius 3 is 2.64 bits per heavy atom. The molecule has 0 saturated carbocycles. The molecule has 0 unspecified atom stereocenters. The summed E-state index contributed by atoms with van der Waals surface area (Å²) >= 11 is 1.01. The number of benzene rings is 1. The number of likely N-dealkylation sites (tertiary alicyclic amines) is 1. The van der Waals surface area contributed by atoms with E-state index in [-0.39, 0.29) is 23.3 Å². The standard InChI is InChI=1S/C19H26N4O3S2/c1-13-9-14(2)11-22(10-13)19(24)15-5-4-8-23(12-15)28(25,26)17-7-3-6-16-18(17)21-27-20-16/h3,6-7,13-15H,4-5,8-12H2,1-2H3/t13-,14+,15-/m0/s1. The molecule has 1 aromatic carbocycles. The number of fused-ring (bicyclic) bond motifs is 1. The second-order valence-electron chi connectivity index (χ2n) is 8.28. The third-order valence-electron chi connectivity index (χ3n) is 5.78. The predicted molar refractivity (Wildman–Crippen MR) is 108 cm³/mol. The lowest BCUT2D eigenvalue weighted by Crippen LogP contribution is -2.50. The van der Waals surface area contributed by atoms with Crippen LogP contribution in [0.25, 0.3) is 11.0 Å². The number of nitrogens with zero attached hydrogens (tertiary/aromatic N) is 4. The number of carbonyl (C=O) groups is 1. The molecule has 7 nitrogen and oxygen atoms in total. The van der Waals surface area contributed by atoms with Gasteiger partial charge in [0, 0.05) is 26.2 Å². The van der Waals surface area contributed by atoms with Gasteiger partial charge in [-0.1, -0.05) is 19.9 Å². The van der Waals surface area contributed by atoms with Gasteiger partial charge in [-0.25, -0.2) is 8.42 Å². The number of sulfonamides is 1. The first-order valence-electron chi connectivity index (χ1n) is 9.86. The van der Waals surface area contributed by atoms with Crippen LogP contribution in [0.1, 0.15) is 33.1 Å². The first kappa shape index (κ1) is 19.7. The highest BCUT2D eigenvalue weighted by Gasteiger charge is 2.37. The van der Waals surface area contributed by atoms with Crippen LogP contribution in [0.3, 0.4) is 0 Å². The summed E-state index contributed by atoms with van der Waals surface area (Å²) in [6, 6.07) is 5.04. The number of piperidine rings is 2. The molecule has 2 aliphatic rings. The lowest BCUT2D eigenvalue weighted by molar-refractivity contribution is -0.139. The van der Waals surface area contributed by atoms with Gasteiger partial charge in [-0.3, -0.25) is 4.79 Å². The van der Waals surface area contributed by atoms with Gasteiger partial charge >= 0.3 is 0 Å². The van der Waals surface area contributed by atoms with E-state index in [2.05, 4.69) is 22.6 Å². The van der Waals surface area contributed by atoms with Crippen molar-refractivity contribution in [3.8, 4) is 0 Å². The van der Waals surface area contributed by atoms with Crippen molar-refractivity contribution < 1.29 is 13.2 Å². The van der Waals surface area contributed by atoms with Gasteiger partial charge in [-0.15, -0.1) is 0 Å². The second kappa shape index (κ2) is 7.68. The minimum atomic E-state index is -3.71. The largest absolute Gasteiger partial charge is 0.342 e. The Hall–Kier alpha value is -1.58. The highest BCUT2D eigenvalue weighted by Crippen LogP contribution is 2.30. The van der Waals surface area contributed by atoms with E-state index in [1.54, 1.807) is 18.2 Å². The average molecular weight is 423 g/mol. The monoisotopic (exact) mass is 422 g/mol. The molecule has 2 aromatic rings. The molecular formula is C19H26N4O3S2. The Morgan fingerprint density at radius 2 is 1.89 bits per heavy atom. The van der Waals surface area contributed by atoms with Crippen LogP contribution in [0.2, 0.25) is 0 Å². The first-order chi connectivity index (χ1) is 13.4. The second-order valence-corrected chi connectivity index (χ2v) is 10.7. The van der Waals surface area contributed by atoms with Crippen LogP contribution in [-0.2, 0) is 14.8 Å². The van der Waals surface area contributed by atoms with E-state index >= 15 is 0 Å². The summed E-state index contributed by atoms with van der Waals surface area (Å²) in [4.78, 5) is 15.2. The molecule has 0 aliphatic carbocycles. The number of amides is 1. The van der Waals surface area contributed by atoms with Gasteiger partial charge < -0.3 is 4.90 Å². The normalized spacial score (nSPS) is 27.2. The minimum absolute atomic E-state index is 0.104. The summed E-state index contributed by atoms with van der Waals surface area (Å²) < 4.78 is 36.4. The number of hydrogen-bond donors (Lipinski definition) is 0. The highest BCUT2D eigenvalue weighted by atomic mass is 32.2. The van der Waals surface area contributed by atoms with E-state index in [0.29, 0.717) is 35.8 Å². The third kappa shape index (κ3) is 3.67. The van der Waals surface area contributed by atoms with Crippen molar-refractivity contribution in [2.24, 2.45) is 17.8 Å². The smallest absolute Gasteiger partial charge is 0.245 e. The van der Waals surface area contributed by atoms with Gasteiger partial charge in [-0.2, -0.15) is 13.1 Å². The average Bonchev–Trinajstić information content (AvgIpc) is 3.15. The van der Waals surface area contributed by atoms with E-state index in [1.807, 2.05) is 4.90 Å². The first-order valence-corrected chi connectivity index (χ1v) is 12.0. The zero-order chi connectivity index (χ0) is 19.9.